The number of carbonyl (C=O) groups is 4. The van der Waals surface area contributed by atoms with Crippen molar-refractivity contribution in [2.45, 2.75) is 45.4 Å². The monoisotopic (exact) mass is 333 g/mol. The largest absolute Gasteiger partial charge is 0.480 e. The number of hydrogen-bond acceptors (Lipinski definition) is 6. The van der Waals surface area contributed by atoms with Crippen molar-refractivity contribution in [2.24, 2.45) is 0 Å². The highest BCUT2D eigenvalue weighted by atomic mass is 16.6. The summed E-state index contributed by atoms with van der Waals surface area (Å²) in [5.74, 6) is -2.75. The normalized spacial score (nSPS) is 13.4. The maximum absolute atomic E-state index is 11.8. The van der Waals surface area contributed by atoms with Crippen LogP contribution in [-0.2, 0) is 19.1 Å². The van der Waals surface area contributed by atoms with Crippen molar-refractivity contribution in [2.75, 3.05) is 13.2 Å². The van der Waals surface area contributed by atoms with E-state index in [9.17, 15) is 19.2 Å². The first-order valence-corrected chi connectivity index (χ1v) is 6.86. The summed E-state index contributed by atoms with van der Waals surface area (Å²) in [6.45, 7) is 4.97. The van der Waals surface area contributed by atoms with E-state index in [0.717, 1.165) is 0 Å². The van der Waals surface area contributed by atoms with Gasteiger partial charge in [0.15, 0.2) is 0 Å². The Labute approximate surface area is 133 Å². The zero-order valence-electron chi connectivity index (χ0n) is 13.5. The van der Waals surface area contributed by atoms with E-state index in [4.69, 9.17) is 14.9 Å². The topological polar surface area (TPSA) is 154 Å². The molecule has 23 heavy (non-hydrogen) atoms. The van der Waals surface area contributed by atoms with Gasteiger partial charge in [0.1, 0.15) is 17.7 Å². The standard InChI is InChI=1S/C13H23N3O7/c1-7(11(20)21)15-9(18)5-14-10(19)8(6-17)16-12(22)23-13(2,3)4/h7-8,17H,5-6H2,1-4H3,(H,14,19)(H,15,18)(H,16,22)(H,20,21)/t7-,8-/m0/s1. The van der Waals surface area contributed by atoms with Crippen LogP contribution in [0.5, 0.6) is 0 Å². The fourth-order valence-corrected chi connectivity index (χ4v) is 1.29. The third-order valence-corrected chi connectivity index (χ3v) is 2.36. The summed E-state index contributed by atoms with van der Waals surface area (Å²) in [6, 6.07) is -2.40. The Kier molecular flexibility index (Phi) is 8.02. The van der Waals surface area contributed by atoms with Gasteiger partial charge in [-0.25, -0.2) is 4.79 Å². The molecule has 0 aliphatic heterocycles. The highest BCUT2D eigenvalue weighted by molar-refractivity contribution is 5.90. The minimum atomic E-state index is -1.30. The maximum atomic E-state index is 11.8. The molecular formula is C13H23N3O7. The Bertz CT molecular complexity index is 459. The number of alkyl carbamates (subject to hydrolysis) is 1. The summed E-state index contributed by atoms with van der Waals surface area (Å²) in [4.78, 5) is 45.3. The number of hydrogen-bond donors (Lipinski definition) is 5. The number of aliphatic hydroxyl groups is 1. The van der Waals surface area contributed by atoms with E-state index in [-0.39, 0.29) is 0 Å². The van der Waals surface area contributed by atoms with Crippen molar-refractivity contribution in [3.05, 3.63) is 0 Å². The number of rotatable bonds is 7. The molecule has 0 aliphatic carbocycles. The van der Waals surface area contributed by atoms with E-state index in [2.05, 4.69) is 16.0 Å². The maximum Gasteiger partial charge on any atom is 0.408 e. The molecule has 0 aromatic carbocycles. The summed E-state index contributed by atoms with van der Waals surface area (Å²) in [6.07, 6.45) is -0.893. The van der Waals surface area contributed by atoms with Gasteiger partial charge in [0.2, 0.25) is 11.8 Å². The molecule has 5 N–H and O–H groups in total. The van der Waals surface area contributed by atoms with Gasteiger partial charge in [-0.1, -0.05) is 0 Å². The van der Waals surface area contributed by atoms with Crippen LogP contribution in [-0.4, -0.2) is 64.9 Å². The zero-order chi connectivity index (χ0) is 18.2. The summed E-state index contributed by atoms with van der Waals surface area (Å²) < 4.78 is 4.94. The number of aliphatic hydroxyl groups excluding tert-OH is 1. The van der Waals surface area contributed by atoms with Crippen LogP contribution >= 0.6 is 0 Å². The van der Waals surface area contributed by atoms with Crippen LogP contribution in [0.15, 0.2) is 0 Å². The molecule has 0 aromatic rings. The molecule has 0 spiro atoms. The second-order valence-electron chi connectivity index (χ2n) is 5.73. The third-order valence-electron chi connectivity index (χ3n) is 2.36. The van der Waals surface area contributed by atoms with Gasteiger partial charge in [0.05, 0.1) is 13.2 Å². The Morgan fingerprint density at radius 2 is 1.70 bits per heavy atom. The predicted molar refractivity (Wildman–Crippen MR) is 78.5 cm³/mol. The number of carboxylic acid groups (broad SMARTS) is 1. The molecule has 0 bridgehead atoms. The highest BCUT2D eigenvalue weighted by Gasteiger charge is 2.24. The number of nitrogens with one attached hydrogen (secondary N) is 3. The van der Waals surface area contributed by atoms with E-state index in [0.29, 0.717) is 0 Å². The fraction of sp³-hybridized carbons (Fsp3) is 0.692. The number of carbonyl (C=O) groups excluding carboxylic acids is 3. The van der Waals surface area contributed by atoms with Gasteiger partial charge in [-0.15, -0.1) is 0 Å². The van der Waals surface area contributed by atoms with Crippen molar-refractivity contribution in [3.63, 3.8) is 0 Å². The van der Waals surface area contributed by atoms with Gasteiger partial charge >= 0.3 is 12.1 Å². The lowest BCUT2D eigenvalue weighted by molar-refractivity contribution is -0.141. The second-order valence-corrected chi connectivity index (χ2v) is 5.73. The number of carboxylic acids is 1. The van der Waals surface area contributed by atoms with Gasteiger partial charge in [-0.3, -0.25) is 14.4 Å². The van der Waals surface area contributed by atoms with Crippen molar-refractivity contribution in [1.29, 1.82) is 0 Å². The van der Waals surface area contributed by atoms with Crippen molar-refractivity contribution < 1.29 is 34.1 Å². The molecule has 0 saturated heterocycles. The Morgan fingerprint density at radius 3 is 2.13 bits per heavy atom. The van der Waals surface area contributed by atoms with Gasteiger partial charge < -0.3 is 30.9 Å². The lowest BCUT2D eigenvalue weighted by atomic mass is 10.2. The molecule has 2 atom stereocenters. The van der Waals surface area contributed by atoms with Crippen LogP contribution in [0.2, 0.25) is 0 Å². The average molecular weight is 333 g/mol. The van der Waals surface area contributed by atoms with Gasteiger partial charge in [-0.2, -0.15) is 0 Å². The highest BCUT2D eigenvalue weighted by Crippen LogP contribution is 2.06. The second kappa shape index (κ2) is 8.93. The van der Waals surface area contributed by atoms with Crippen molar-refractivity contribution in [3.8, 4) is 0 Å². The summed E-state index contributed by atoms with van der Waals surface area (Å²) in [5.41, 5.74) is -0.770. The van der Waals surface area contributed by atoms with Crippen LogP contribution in [0.1, 0.15) is 27.7 Å². The molecule has 0 radical (unpaired) electrons. The molecule has 0 aromatic heterocycles. The smallest absolute Gasteiger partial charge is 0.408 e. The summed E-state index contributed by atoms with van der Waals surface area (Å²) >= 11 is 0. The summed E-state index contributed by atoms with van der Waals surface area (Å²) in [5, 5.41) is 24.2. The number of amides is 3. The van der Waals surface area contributed by atoms with Crippen molar-refractivity contribution in [1.82, 2.24) is 16.0 Å². The third kappa shape index (κ3) is 9.30. The molecule has 3 amide bonds. The molecule has 0 unspecified atom stereocenters. The minimum Gasteiger partial charge on any atom is -0.480 e. The molecular weight excluding hydrogens is 310 g/mol. The van der Waals surface area contributed by atoms with E-state index in [1.807, 2.05) is 0 Å². The Hall–Kier alpha value is -2.36. The molecule has 0 rings (SSSR count). The molecule has 0 saturated carbocycles. The van der Waals surface area contributed by atoms with E-state index < -0.39 is 54.7 Å². The first kappa shape index (κ1) is 20.6. The molecule has 0 heterocycles. The first-order chi connectivity index (χ1) is 10.5. The minimum absolute atomic E-state index is 0.497. The lowest BCUT2D eigenvalue weighted by Crippen LogP contribution is -2.52. The molecule has 10 heteroatoms. The van der Waals surface area contributed by atoms with Crippen LogP contribution in [0.4, 0.5) is 4.79 Å². The van der Waals surface area contributed by atoms with Crippen molar-refractivity contribution >= 4 is 23.9 Å². The van der Waals surface area contributed by atoms with Gasteiger partial charge in [0, 0.05) is 0 Å². The van der Waals surface area contributed by atoms with E-state index in [1.165, 1.54) is 6.92 Å². The quantitative estimate of drug-likeness (QED) is 0.383. The summed E-state index contributed by atoms with van der Waals surface area (Å²) in [7, 11) is 0. The average Bonchev–Trinajstić information content (AvgIpc) is 2.39. The van der Waals surface area contributed by atoms with E-state index >= 15 is 0 Å². The lowest BCUT2D eigenvalue weighted by Gasteiger charge is -2.22. The SMILES string of the molecule is C[C@H](NC(=O)CNC(=O)[C@H](CO)NC(=O)OC(C)(C)C)C(=O)O. The first-order valence-electron chi connectivity index (χ1n) is 6.86. The Balaban J connectivity index is 4.37. The molecule has 132 valence electrons. The van der Waals surface area contributed by atoms with Crippen LogP contribution < -0.4 is 16.0 Å². The molecule has 10 nitrogen and oxygen atoms in total. The Morgan fingerprint density at radius 1 is 1.13 bits per heavy atom. The number of aliphatic carboxylic acids is 1. The number of ether oxygens (including phenoxy) is 1. The predicted octanol–water partition coefficient (Wildman–Crippen LogP) is -1.42. The fourth-order valence-electron chi connectivity index (χ4n) is 1.29. The van der Waals surface area contributed by atoms with Crippen LogP contribution in [0.25, 0.3) is 0 Å². The van der Waals surface area contributed by atoms with Gasteiger partial charge in [-0.05, 0) is 27.7 Å². The molecule has 0 fully saturated rings. The van der Waals surface area contributed by atoms with Crippen LogP contribution in [0, 0.1) is 0 Å². The zero-order valence-corrected chi connectivity index (χ0v) is 13.5. The van der Waals surface area contributed by atoms with Gasteiger partial charge in [0.25, 0.3) is 0 Å². The van der Waals surface area contributed by atoms with Crippen LogP contribution in [0.3, 0.4) is 0 Å². The van der Waals surface area contributed by atoms with E-state index in [1.54, 1.807) is 20.8 Å². The molecule has 0 aliphatic rings.